The number of halogens is 1. The van der Waals surface area contributed by atoms with E-state index in [-0.39, 0.29) is 18.5 Å². The van der Waals surface area contributed by atoms with Crippen molar-refractivity contribution in [1.82, 2.24) is 9.97 Å². The molecule has 24 heavy (non-hydrogen) atoms. The highest BCUT2D eigenvalue weighted by Gasteiger charge is 2.16. The van der Waals surface area contributed by atoms with Gasteiger partial charge in [-0.25, -0.2) is 4.98 Å². The predicted molar refractivity (Wildman–Crippen MR) is 86.8 cm³/mol. The van der Waals surface area contributed by atoms with Crippen molar-refractivity contribution in [3.05, 3.63) is 41.8 Å². The Morgan fingerprint density at radius 2 is 2.00 bits per heavy atom. The summed E-state index contributed by atoms with van der Waals surface area (Å²) in [5.74, 6) is 0.486. The van der Waals surface area contributed by atoms with Crippen LogP contribution in [0.5, 0.6) is 11.6 Å². The van der Waals surface area contributed by atoms with Crippen molar-refractivity contribution >= 4 is 5.95 Å². The first-order valence-corrected chi connectivity index (χ1v) is 7.87. The van der Waals surface area contributed by atoms with E-state index in [0.717, 1.165) is 30.4 Å². The quantitative estimate of drug-likeness (QED) is 0.877. The third-order valence-electron chi connectivity index (χ3n) is 3.80. The lowest BCUT2D eigenvalue weighted by molar-refractivity contribution is 0.0903. The van der Waals surface area contributed by atoms with Gasteiger partial charge in [0, 0.05) is 19.3 Å². The maximum absolute atomic E-state index is 13.9. The lowest BCUT2D eigenvalue weighted by Gasteiger charge is -2.23. The maximum Gasteiger partial charge on any atom is 0.255 e. The molecule has 1 aliphatic rings. The highest BCUT2D eigenvalue weighted by molar-refractivity contribution is 5.30. The molecule has 0 amide bonds. The Hall–Kier alpha value is -2.41. The molecule has 0 unspecified atom stereocenters. The van der Waals surface area contributed by atoms with Crippen molar-refractivity contribution in [2.24, 2.45) is 0 Å². The zero-order valence-electron chi connectivity index (χ0n) is 13.5. The fourth-order valence-electron chi connectivity index (χ4n) is 2.42. The molecule has 0 saturated carbocycles. The molecule has 1 saturated heterocycles. The van der Waals surface area contributed by atoms with Gasteiger partial charge in [-0.15, -0.1) is 0 Å². The minimum absolute atomic E-state index is 0.0598. The van der Waals surface area contributed by atoms with Crippen LogP contribution in [0.4, 0.5) is 10.3 Å². The van der Waals surface area contributed by atoms with Gasteiger partial charge in [-0.2, -0.15) is 9.37 Å². The molecule has 128 valence electrons. The van der Waals surface area contributed by atoms with Crippen LogP contribution in [0.25, 0.3) is 0 Å². The summed E-state index contributed by atoms with van der Waals surface area (Å²) in [6.45, 7) is 1.63. The summed E-state index contributed by atoms with van der Waals surface area (Å²) in [6.07, 6.45) is 2.88. The smallest absolute Gasteiger partial charge is 0.255 e. The van der Waals surface area contributed by atoms with Crippen LogP contribution in [0, 0.1) is 5.82 Å². The minimum Gasteiger partial charge on any atom is -0.497 e. The van der Waals surface area contributed by atoms with Gasteiger partial charge in [0.15, 0.2) is 0 Å². The first-order valence-electron chi connectivity index (χ1n) is 7.87. The van der Waals surface area contributed by atoms with Gasteiger partial charge in [0.25, 0.3) is 5.88 Å². The van der Waals surface area contributed by atoms with Gasteiger partial charge >= 0.3 is 0 Å². The second-order valence-corrected chi connectivity index (χ2v) is 5.51. The van der Waals surface area contributed by atoms with Crippen LogP contribution in [0.1, 0.15) is 18.4 Å². The van der Waals surface area contributed by atoms with Gasteiger partial charge < -0.3 is 19.5 Å². The molecule has 1 fully saturated rings. The number of nitrogens with zero attached hydrogens (tertiary/aromatic N) is 2. The van der Waals surface area contributed by atoms with E-state index in [4.69, 9.17) is 14.2 Å². The third-order valence-corrected chi connectivity index (χ3v) is 3.80. The molecule has 7 heteroatoms. The second kappa shape index (κ2) is 7.92. The average Bonchev–Trinajstić information content (AvgIpc) is 2.63. The van der Waals surface area contributed by atoms with E-state index in [1.54, 1.807) is 7.11 Å². The number of methoxy groups -OCH3 is 1. The second-order valence-electron chi connectivity index (χ2n) is 5.51. The Morgan fingerprint density at radius 3 is 2.71 bits per heavy atom. The largest absolute Gasteiger partial charge is 0.497 e. The Morgan fingerprint density at radius 1 is 1.25 bits per heavy atom. The third kappa shape index (κ3) is 4.32. The van der Waals surface area contributed by atoms with Crippen molar-refractivity contribution < 1.29 is 18.6 Å². The Bertz CT molecular complexity index is 661. The van der Waals surface area contributed by atoms with E-state index in [0.29, 0.717) is 19.2 Å². The molecule has 0 bridgehead atoms. The summed E-state index contributed by atoms with van der Waals surface area (Å²) in [6, 6.07) is 7.61. The monoisotopic (exact) mass is 333 g/mol. The van der Waals surface area contributed by atoms with Crippen molar-refractivity contribution in [3.8, 4) is 11.6 Å². The molecule has 2 aromatic rings. The van der Waals surface area contributed by atoms with Crippen LogP contribution in [-0.2, 0) is 11.3 Å². The van der Waals surface area contributed by atoms with E-state index >= 15 is 0 Å². The highest BCUT2D eigenvalue weighted by atomic mass is 19.1. The van der Waals surface area contributed by atoms with Crippen molar-refractivity contribution in [2.45, 2.75) is 25.5 Å². The van der Waals surface area contributed by atoms with Crippen LogP contribution in [-0.4, -0.2) is 36.3 Å². The number of anilines is 1. The number of hydrogen-bond acceptors (Lipinski definition) is 6. The topological polar surface area (TPSA) is 65.5 Å². The summed E-state index contributed by atoms with van der Waals surface area (Å²) < 4.78 is 29.8. The number of ether oxygens (including phenoxy) is 3. The molecule has 1 aliphatic heterocycles. The predicted octanol–water partition coefficient (Wildman–Crippen LogP) is 2.79. The Labute approximate surface area is 140 Å². The molecule has 0 radical (unpaired) electrons. The maximum atomic E-state index is 13.9. The lowest BCUT2D eigenvalue weighted by atomic mass is 10.1. The van der Waals surface area contributed by atoms with Gasteiger partial charge in [0.1, 0.15) is 12.4 Å². The average molecular weight is 333 g/mol. The number of nitrogens with one attached hydrogen (secondary N) is 1. The van der Waals surface area contributed by atoms with Gasteiger partial charge in [0.05, 0.1) is 13.3 Å². The minimum atomic E-state index is -0.582. The van der Waals surface area contributed by atoms with Crippen molar-refractivity contribution in [1.29, 1.82) is 0 Å². The van der Waals surface area contributed by atoms with Gasteiger partial charge in [-0.1, -0.05) is 12.1 Å². The van der Waals surface area contributed by atoms with Gasteiger partial charge in [0.2, 0.25) is 11.8 Å². The summed E-state index contributed by atoms with van der Waals surface area (Å²) in [4.78, 5) is 8.11. The number of aromatic nitrogens is 2. The Kier molecular flexibility index (Phi) is 5.43. The first kappa shape index (κ1) is 16.4. The van der Waals surface area contributed by atoms with Crippen LogP contribution < -0.4 is 14.8 Å². The number of rotatable bonds is 6. The molecule has 0 aliphatic carbocycles. The summed E-state index contributed by atoms with van der Waals surface area (Å²) in [5.41, 5.74) is 0.896. The number of benzene rings is 1. The zero-order valence-corrected chi connectivity index (χ0v) is 13.5. The van der Waals surface area contributed by atoms with E-state index < -0.39 is 5.82 Å². The van der Waals surface area contributed by atoms with Gasteiger partial charge in [-0.3, -0.25) is 0 Å². The van der Waals surface area contributed by atoms with Gasteiger partial charge in [-0.05, 0) is 30.5 Å². The lowest BCUT2D eigenvalue weighted by Crippen LogP contribution is -2.28. The Balaban J connectivity index is 1.62. The van der Waals surface area contributed by atoms with Crippen LogP contribution in [0.15, 0.2) is 30.5 Å². The molecule has 1 aromatic heterocycles. The summed E-state index contributed by atoms with van der Waals surface area (Å²) >= 11 is 0. The molecule has 6 nitrogen and oxygen atoms in total. The van der Waals surface area contributed by atoms with Crippen molar-refractivity contribution in [2.75, 3.05) is 25.6 Å². The van der Waals surface area contributed by atoms with Crippen LogP contribution >= 0.6 is 0 Å². The van der Waals surface area contributed by atoms with E-state index in [1.807, 2.05) is 24.3 Å². The summed E-state index contributed by atoms with van der Waals surface area (Å²) in [7, 11) is 1.61. The van der Waals surface area contributed by atoms with Crippen LogP contribution in [0.2, 0.25) is 0 Å². The number of hydrogen-bond donors (Lipinski definition) is 1. The van der Waals surface area contributed by atoms with Crippen molar-refractivity contribution in [3.63, 3.8) is 0 Å². The van der Waals surface area contributed by atoms with E-state index in [2.05, 4.69) is 15.3 Å². The molecule has 3 rings (SSSR count). The fraction of sp³-hybridized carbons (Fsp3) is 0.412. The molecular weight excluding hydrogens is 313 g/mol. The SMILES string of the molecule is COc1ccc(COc2nc(NC3CCOCC3)ncc2F)cc1. The molecule has 0 atom stereocenters. The molecule has 1 aromatic carbocycles. The molecule has 1 N–H and O–H groups in total. The standard InChI is InChI=1S/C17H20FN3O3/c1-22-14-4-2-12(3-5-14)11-24-16-15(18)10-19-17(21-16)20-13-6-8-23-9-7-13/h2-5,10,13H,6-9,11H2,1H3,(H,19,20,21). The molecule has 2 heterocycles. The highest BCUT2D eigenvalue weighted by Crippen LogP contribution is 2.19. The molecular formula is C17H20FN3O3. The zero-order chi connectivity index (χ0) is 16.8. The fourth-order valence-corrected chi connectivity index (χ4v) is 2.42. The van der Waals surface area contributed by atoms with E-state index in [1.165, 1.54) is 0 Å². The first-order chi connectivity index (χ1) is 11.7. The normalized spacial score (nSPS) is 15.1. The van der Waals surface area contributed by atoms with E-state index in [9.17, 15) is 4.39 Å². The summed E-state index contributed by atoms with van der Waals surface area (Å²) in [5, 5.41) is 3.20. The van der Waals surface area contributed by atoms with Crippen LogP contribution in [0.3, 0.4) is 0 Å². The molecule has 0 spiro atoms.